The number of carbonyl (C=O) groups excluding carboxylic acids is 1. The molecular weight excluding hydrogens is 294 g/mol. The summed E-state index contributed by atoms with van der Waals surface area (Å²) in [5.41, 5.74) is 1.21. The number of thiophene rings is 1. The predicted octanol–water partition coefficient (Wildman–Crippen LogP) is 3.84. The van der Waals surface area contributed by atoms with Crippen LogP contribution in [0.5, 0.6) is 0 Å². The van der Waals surface area contributed by atoms with Crippen LogP contribution in [0.2, 0.25) is 0 Å². The van der Waals surface area contributed by atoms with Gasteiger partial charge in [0.2, 0.25) is 5.91 Å². The van der Waals surface area contributed by atoms with Crippen LogP contribution in [0.25, 0.3) is 0 Å². The first-order valence-electron chi connectivity index (χ1n) is 7.68. The summed E-state index contributed by atoms with van der Waals surface area (Å²) in [5.74, 6) is 0.373. The van der Waals surface area contributed by atoms with Crippen LogP contribution in [0.15, 0.2) is 47.8 Å². The Kier molecular flexibility index (Phi) is 4.60. The molecule has 4 heteroatoms. The van der Waals surface area contributed by atoms with Crippen molar-refractivity contribution in [2.45, 2.75) is 31.4 Å². The summed E-state index contributed by atoms with van der Waals surface area (Å²) >= 11 is 1.70. The topological polar surface area (TPSA) is 29.5 Å². The van der Waals surface area contributed by atoms with Crippen LogP contribution >= 0.6 is 11.3 Å². The molecule has 2 heterocycles. The number of hydrogen-bond acceptors (Lipinski definition) is 3. The van der Waals surface area contributed by atoms with Gasteiger partial charge in [-0.3, -0.25) is 4.79 Å². The van der Waals surface area contributed by atoms with Crippen LogP contribution in [0.1, 0.15) is 35.8 Å². The molecule has 1 aromatic carbocycles. The van der Waals surface area contributed by atoms with E-state index in [4.69, 9.17) is 4.74 Å². The molecule has 1 saturated heterocycles. The number of carbonyl (C=O) groups is 1. The maximum absolute atomic E-state index is 12.3. The molecule has 0 spiro atoms. The molecule has 0 saturated carbocycles. The molecule has 3 rings (SSSR count). The molecule has 116 valence electrons. The van der Waals surface area contributed by atoms with E-state index in [0.29, 0.717) is 13.0 Å². The van der Waals surface area contributed by atoms with Crippen molar-refractivity contribution in [3.05, 3.63) is 58.3 Å². The highest BCUT2D eigenvalue weighted by Crippen LogP contribution is 2.42. The molecule has 1 aromatic heterocycles. The smallest absolute Gasteiger partial charge is 0.223 e. The summed E-state index contributed by atoms with van der Waals surface area (Å²) in [7, 11) is 1.90. The Morgan fingerprint density at radius 3 is 2.68 bits per heavy atom. The molecule has 0 bridgehead atoms. The Labute approximate surface area is 135 Å². The molecule has 0 N–H and O–H groups in total. The van der Waals surface area contributed by atoms with Gasteiger partial charge in [0.1, 0.15) is 6.10 Å². The van der Waals surface area contributed by atoms with Crippen molar-refractivity contribution < 1.29 is 9.53 Å². The second kappa shape index (κ2) is 6.63. The lowest BCUT2D eigenvalue weighted by atomic mass is 9.88. The number of ether oxygens (including phenoxy) is 1. The second-order valence-corrected chi connectivity index (χ2v) is 6.59. The third kappa shape index (κ3) is 2.81. The first-order valence-corrected chi connectivity index (χ1v) is 8.56. The summed E-state index contributed by atoms with van der Waals surface area (Å²) in [6, 6.07) is 14.5. The van der Waals surface area contributed by atoms with Gasteiger partial charge in [-0.1, -0.05) is 36.4 Å². The van der Waals surface area contributed by atoms with E-state index in [-0.39, 0.29) is 24.0 Å². The fourth-order valence-corrected chi connectivity index (χ4v) is 4.11. The van der Waals surface area contributed by atoms with E-state index in [9.17, 15) is 4.79 Å². The lowest BCUT2D eigenvalue weighted by molar-refractivity contribution is -0.129. The maximum atomic E-state index is 12.3. The molecule has 0 unspecified atom stereocenters. The van der Waals surface area contributed by atoms with Gasteiger partial charge in [-0.05, 0) is 23.9 Å². The second-order valence-electron chi connectivity index (χ2n) is 5.61. The zero-order valence-electron chi connectivity index (χ0n) is 12.9. The average molecular weight is 315 g/mol. The third-order valence-electron chi connectivity index (χ3n) is 4.36. The Bertz CT molecular complexity index is 611. The average Bonchev–Trinajstić information content (AvgIpc) is 3.16. The highest BCUT2D eigenvalue weighted by Gasteiger charge is 2.44. The summed E-state index contributed by atoms with van der Waals surface area (Å²) in [6.45, 7) is 2.65. The van der Waals surface area contributed by atoms with Gasteiger partial charge >= 0.3 is 0 Å². The fourth-order valence-electron chi connectivity index (χ4n) is 3.30. The SMILES string of the molecule is CCO[C@H](c1cccs1)[C@H]1[C@@H](c2ccccc2)CC(=O)N1C. The zero-order chi connectivity index (χ0) is 15.5. The molecule has 1 fully saturated rings. The molecule has 3 atom stereocenters. The van der Waals surface area contributed by atoms with Crippen LogP contribution in [-0.2, 0) is 9.53 Å². The van der Waals surface area contributed by atoms with E-state index in [1.165, 1.54) is 10.4 Å². The van der Waals surface area contributed by atoms with Gasteiger partial charge < -0.3 is 9.64 Å². The molecule has 1 aliphatic heterocycles. The van der Waals surface area contributed by atoms with Crippen LogP contribution < -0.4 is 0 Å². The van der Waals surface area contributed by atoms with E-state index in [2.05, 4.69) is 23.6 Å². The minimum Gasteiger partial charge on any atom is -0.371 e. The van der Waals surface area contributed by atoms with E-state index in [1.54, 1.807) is 11.3 Å². The van der Waals surface area contributed by atoms with Gasteiger partial charge in [-0.15, -0.1) is 11.3 Å². The fraction of sp³-hybridized carbons (Fsp3) is 0.389. The first kappa shape index (κ1) is 15.3. The molecule has 1 aliphatic rings. The summed E-state index contributed by atoms with van der Waals surface area (Å²) < 4.78 is 6.06. The first-order chi connectivity index (χ1) is 10.7. The Morgan fingerprint density at radius 2 is 2.05 bits per heavy atom. The quantitative estimate of drug-likeness (QED) is 0.839. The normalized spacial score (nSPS) is 23.0. The Morgan fingerprint density at radius 1 is 1.27 bits per heavy atom. The minimum absolute atomic E-state index is 0.0495. The molecule has 0 aliphatic carbocycles. The predicted molar refractivity (Wildman–Crippen MR) is 89.0 cm³/mol. The van der Waals surface area contributed by atoms with Gasteiger partial charge in [0.25, 0.3) is 0 Å². The highest BCUT2D eigenvalue weighted by molar-refractivity contribution is 7.10. The van der Waals surface area contributed by atoms with E-state index < -0.39 is 0 Å². The van der Waals surface area contributed by atoms with Crippen molar-refractivity contribution in [1.29, 1.82) is 0 Å². The van der Waals surface area contributed by atoms with E-state index >= 15 is 0 Å². The number of amides is 1. The van der Waals surface area contributed by atoms with Gasteiger partial charge in [-0.2, -0.15) is 0 Å². The highest BCUT2D eigenvalue weighted by atomic mass is 32.1. The number of likely N-dealkylation sites (N-methyl/N-ethyl adjacent to an activating group) is 1. The van der Waals surface area contributed by atoms with Gasteiger partial charge in [0, 0.05) is 30.9 Å². The van der Waals surface area contributed by atoms with Crippen molar-refractivity contribution in [1.82, 2.24) is 4.90 Å². The maximum Gasteiger partial charge on any atom is 0.223 e. The van der Waals surface area contributed by atoms with Crippen molar-refractivity contribution >= 4 is 17.2 Å². The third-order valence-corrected chi connectivity index (χ3v) is 5.29. The van der Waals surface area contributed by atoms with E-state index in [1.807, 2.05) is 43.1 Å². The Hall–Kier alpha value is -1.65. The molecule has 3 nitrogen and oxygen atoms in total. The molecule has 22 heavy (non-hydrogen) atoms. The number of rotatable bonds is 5. The van der Waals surface area contributed by atoms with Crippen molar-refractivity contribution in [3.63, 3.8) is 0 Å². The lowest BCUT2D eigenvalue weighted by Crippen LogP contribution is -2.37. The van der Waals surface area contributed by atoms with Crippen LogP contribution in [0, 0.1) is 0 Å². The van der Waals surface area contributed by atoms with Crippen LogP contribution in [0.4, 0.5) is 0 Å². The number of likely N-dealkylation sites (tertiary alicyclic amines) is 1. The van der Waals surface area contributed by atoms with Crippen molar-refractivity contribution in [2.75, 3.05) is 13.7 Å². The summed E-state index contributed by atoms with van der Waals surface area (Å²) in [5, 5.41) is 2.07. The Balaban J connectivity index is 1.98. The van der Waals surface area contributed by atoms with Crippen LogP contribution in [0.3, 0.4) is 0 Å². The standard InChI is InChI=1S/C18H21NO2S/c1-3-21-18(15-10-7-11-22-15)17-14(12-16(20)19(17)2)13-8-5-4-6-9-13/h4-11,14,17-18H,3,12H2,1-2H3/t14-,17-,18-/m1/s1. The number of benzene rings is 1. The molecule has 0 radical (unpaired) electrons. The molecular formula is C18H21NO2S. The monoisotopic (exact) mass is 315 g/mol. The number of nitrogens with zero attached hydrogens (tertiary/aromatic N) is 1. The number of hydrogen-bond donors (Lipinski definition) is 0. The van der Waals surface area contributed by atoms with Gasteiger partial charge in [0.05, 0.1) is 6.04 Å². The van der Waals surface area contributed by atoms with Crippen molar-refractivity contribution in [3.8, 4) is 0 Å². The summed E-state index contributed by atoms with van der Waals surface area (Å²) in [6.07, 6.45) is 0.492. The molecule has 2 aromatic rings. The molecule has 1 amide bonds. The minimum atomic E-state index is -0.0633. The van der Waals surface area contributed by atoms with E-state index in [0.717, 1.165) is 0 Å². The lowest BCUT2D eigenvalue weighted by Gasteiger charge is -2.32. The zero-order valence-corrected chi connectivity index (χ0v) is 13.8. The van der Waals surface area contributed by atoms with Crippen molar-refractivity contribution in [2.24, 2.45) is 0 Å². The van der Waals surface area contributed by atoms with Gasteiger partial charge in [0.15, 0.2) is 0 Å². The van der Waals surface area contributed by atoms with Crippen LogP contribution in [-0.4, -0.2) is 30.5 Å². The largest absolute Gasteiger partial charge is 0.371 e. The summed E-state index contributed by atoms with van der Waals surface area (Å²) in [4.78, 5) is 15.4. The van der Waals surface area contributed by atoms with Gasteiger partial charge in [-0.25, -0.2) is 0 Å².